The highest BCUT2D eigenvalue weighted by molar-refractivity contribution is 5.95. The number of methoxy groups -OCH3 is 1. The average molecular weight is 399 g/mol. The lowest BCUT2D eigenvalue weighted by atomic mass is 9.83. The lowest BCUT2D eigenvalue weighted by molar-refractivity contribution is 0.0695. The van der Waals surface area contributed by atoms with E-state index in [0.717, 1.165) is 56.4 Å². The number of likely N-dealkylation sites (tertiary alicyclic amines) is 1. The molecule has 2 fully saturated rings. The second-order valence-corrected chi connectivity index (χ2v) is 8.12. The Hall–Kier alpha value is -2.38. The Labute approximate surface area is 170 Å². The Morgan fingerprint density at radius 1 is 1.38 bits per heavy atom. The molecule has 1 aromatic heterocycles. The number of pyridine rings is 1. The van der Waals surface area contributed by atoms with Crippen molar-refractivity contribution in [3.63, 3.8) is 0 Å². The van der Waals surface area contributed by atoms with Crippen LogP contribution in [0.5, 0.6) is 5.75 Å². The highest BCUT2D eigenvalue weighted by Gasteiger charge is 2.43. The van der Waals surface area contributed by atoms with E-state index in [1.54, 1.807) is 13.2 Å². The summed E-state index contributed by atoms with van der Waals surface area (Å²) in [5, 5.41) is 13.2. The summed E-state index contributed by atoms with van der Waals surface area (Å²) >= 11 is 0. The van der Waals surface area contributed by atoms with Crippen LogP contribution in [-0.4, -0.2) is 47.9 Å². The molecular formula is C22H29N3O4. The molecule has 29 heavy (non-hydrogen) atoms. The van der Waals surface area contributed by atoms with E-state index < -0.39 is 11.4 Å². The molecule has 1 saturated carbocycles. The molecule has 1 saturated heterocycles. The molecule has 2 aromatic rings. The number of carboxylic acids is 1. The van der Waals surface area contributed by atoms with Crippen molar-refractivity contribution in [1.82, 2.24) is 14.8 Å². The fourth-order valence-electron chi connectivity index (χ4n) is 5.04. The van der Waals surface area contributed by atoms with Gasteiger partial charge in [0.1, 0.15) is 11.3 Å². The summed E-state index contributed by atoms with van der Waals surface area (Å²) in [5.74, 6) is -0.483. The fourth-order valence-corrected chi connectivity index (χ4v) is 5.04. The van der Waals surface area contributed by atoms with Crippen molar-refractivity contribution >= 4 is 16.9 Å². The number of aromatic nitrogens is 1. The highest BCUT2D eigenvalue weighted by atomic mass is 16.5. The van der Waals surface area contributed by atoms with Crippen molar-refractivity contribution in [2.24, 2.45) is 0 Å². The van der Waals surface area contributed by atoms with Crippen molar-refractivity contribution in [2.75, 3.05) is 27.4 Å². The largest absolute Gasteiger partial charge is 0.494 e. The Morgan fingerprint density at radius 2 is 2.14 bits per heavy atom. The van der Waals surface area contributed by atoms with Crippen LogP contribution in [0, 0.1) is 0 Å². The van der Waals surface area contributed by atoms with Crippen LogP contribution in [0.3, 0.4) is 0 Å². The van der Waals surface area contributed by atoms with Gasteiger partial charge in [-0.25, -0.2) is 4.79 Å². The highest BCUT2D eigenvalue weighted by Crippen LogP contribution is 2.48. The average Bonchev–Trinajstić information content (AvgIpc) is 3.48. The molecule has 2 aliphatic rings. The third kappa shape index (κ3) is 3.04. The predicted molar refractivity (Wildman–Crippen MR) is 112 cm³/mol. The van der Waals surface area contributed by atoms with E-state index in [4.69, 9.17) is 4.74 Å². The fraction of sp³-hybridized carbons (Fsp3) is 0.545. The van der Waals surface area contributed by atoms with E-state index in [-0.39, 0.29) is 17.1 Å². The number of benzene rings is 1. The third-order valence-electron chi connectivity index (χ3n) is 6.58. The van der Waals surface area contributed by atoms with E-state index in [0.29, 0.717) is 11.1 Å². The predicted octanol–water partition coefficient (Wildman–Crippen LogP) is 2.92. The van der Waals surface area contributed by atoms with Crippen LogP contribution in [0.4, 0.5) is 0 Å². The molecule has 1 atom stereocenters. The standard InChI is InChI=1S/C22H29N3O4/c1-4-22(10-5-11-24(22)13-23-2)17-9-8-15-18(20(17)29-3)25(14-6-7-14)12-16(19(15)26)21(27)28/h8-9,12,14,23H,4-7,10-11,13H2,1-3H3,(H,27,28). The first-order valence-corrected chi connectivity index (χ1v) is 10.4. The molecule has 4 rings (SSSR count). The van der Waals surface area contributed by atoms with Gasteiger partial charge in [-0.2, -0.15) is 0 Å². The number of rotatable bonds is 7. The third-order valence-corrected chi connectivity index (χ3v) is 6.58. The van der Waals surface area contributed by atoms with Crippen LogP contribution in [0.25, 0.3) is 10.9 Å². The molecular weight excluding hydrogens is 370 g/mol. The van der Waals surface area contributed by atoms with Crippen molar-refractivity contribution in [3.8, 4) is 5.75 Å². The maximum absolute atomic E-state index is 12.9. The number of hydrogen-bond donors (Lipinski definition) is 2. The second kappa shape index (κ2) is 7.46. The second-order valence-electron chi connectivity index (χ2n) is 8.12. The van der Waals surface area contributed by atoms with Gasteiger partial charge in [-0.1, -0.05) is 13.0 Å². The molecule has 7 nitrogen and oxygen atoms in total. The molecule has 1 unspecified atom stereocenters. The minimum Gasteiger partial charge on any atom is -0.494 e. The van der Waals surface area contributed by atoms with Crippen LogP contribution in [0.1, 0.15) is 61.0 Å². The Kier molecular flexibility index (Phi) is 5.12. The Morgan fingerprint density at radius 3 is 2.72 bits per heavy atom. The van der Waals surface area contributed by atoms with Gasteiger partial charge in [0.05, 0.1) is 23.6 Å². The molecule has 156 valence electrons. The molecule has 1 aromatic carbocycles. The molecule has 0 amide bonds. The van der Waals surface area contributed by atoms with Crippen molar-refractivity contribution in [1.29, 1.82) is 0 Å². The molecule has 2 N–H and O–H groups in total. The van der Waals surface area contributed by atoms with Gasteiger partial charge in [-0.05, 0) is 45.2 Å². The first kappa shape index (κ1) is 19.9. The van der Waals surface area contributed by atoms with E-state index in [1.807, 2.05) is 17.7 Å². The van der Waals surface area contributed by atoms with Crippen molar-refractivity contribution in [2.45, 2.75) is 50.6 Å². The minimum absolute atomic E-state index is 0.168. The Balaban J connectivity index is 2.03. The summed E-state index contributed by atoms with van der Waals surface area (Å²) in [7, 11) is 3.60. The summed E-state index contributed by atoms with van der Waals surface area (Å²) in [6, 6.07) is 3.99. The zero-order valence-corrected chi connectivity index (χ0v) is 17.3. The van der Waals surface area contributed by atoms with Crippen LogP contribution < -0.4 is 15.5 Å². The van der Waals surface area contributed by atoms with Gasteiger partial charge in [0, 0.05) is 31.0 Å². The first-order chi connectivity index (χ1) is 14.0. The van der Waals surface area contributed by atoms with Crippen molar-refractivity contribution in [3.05, 3.63) is 39.7 Å². The van der Waals surface area contributed by atoms with Crippen LogP contribution in [0.2, 0.25) is 0 Å². The molecule has 7 heteroatoms. The van der Waals surface area contributed by atoms with Crippen LogP contribution in [0.15, 0.2) is 23.1 Å². The van der Waals surface area contributed by atoms with E-state index in [9.17, 15) is 14.7 Å². The van der Waals surface area contributed by atoms with Gasteiger partial charge in [0.25, 0.3) is 0 Å². The number of aromatic carboxylic acids is 1. The summed E-state index contributed by atoms with van der Waals surface area (Å²) in [6.07, 6.45) is 6.52. The molecule has 0 bridgehead atoms. The maximum atomic E-state index is 12.9. The molecule has 0 radical (unpaired) electrons. The Bertz CT molecular complexity index is 1010. The minimum atomic E-state index is -1.18. The molecule has 1 aliphatic heterocycles. The number of carbonyl (C=O) groups is 1. The van der Waals surface area contributed by atoms with Gasteiger partial charge in [-0.15, -0.1) is 0 Å². The maximum Gasteiger partial charge on any atom is 0.341 e. The zero-order valence-electron chi connectivity index (χ0n) is 17.3. The van der Waals surface area contributed by atoms with Crippen LogP contribution in [-0.2, 0) is 5.54 Å². The topological polar surface area (TPSA) is 83.8 Å². The molecule has 0 spiro atoms. The quantitative estimate of drug-likeness (QED) is 0.745. The molecule has 1 aliphatic carbocycles. The number of nitrogens with one attached hydrogen (secondary N) is 1. The number of hydrogen-bond acceptors (Lipinski definition) is 5. The lowest BCUT2D eigenvalue weighted by Crippen LogP contribution is -2.45. The lowest BCUT2D eigenvalue weighted by Gasteiger charge is -2.39. The van der Waals surface area contributed by atoms with E-state index in [1.165, 1.54) is 6.20 Å². The number of ether oxygens (including phenoxy) is 1. The summed E-state index contributed by atoms with van der Waals surface area (Å²) < 4.78 is 7.91. The summed E-state index contributed by atoms with van der Waals surface area (Å²) in [6.45, 7) is 3.98. The zero-order chi connectivity index (χ0) is 20.8. The van der Waals surface area contributed by atoms with Gasteiger partial charge in [0.2, 0.25) is 5.43 Å². The number of carboxylic acid groups (broad SMARTS) is 1. The summed E-state index contributed by atoms with van der Waals surface area (Å²) in [5.41, 5.74) is 1.02. The number of fused-ring (bicyclic) bond motifs is 1. The van der Waals surface area contributed by atoms with Crippen molar-refractivity contribution < 1.29 is 14.6 Å². The normalized spacial score (nSPS) is 22.3. The van der Waals surface area contributed by atoms with Gasteiger partial charge < -0.3 is 19.7 Å². The van der Waals surface area contributed by atoms with E-state index in [2.05, 4.69) is 17.1 Å². The number of nitrogens with zero attached hydrogens (tertiary/aromatic N) is 2. The van der Waals surface area contributed by atoms with Gasteiger partial charge in [-0.3, -0.25) is 9.69 Å². The SMILES string of the molecule is CCC1(c2ccc3c(=O)c(C(=O)O)cn(C4CC4)c3c2OC)CCCN1CNC. The van der Waals surface area contributed by atoms with E-state index >= 15 is 0 Å². The first-order valence-electron chi connectivity index (χ1n) is 10.4. The van der Waals surface area contributed by atoms with Gasteiger partial charge >= 0.3 is 5.97 Å². The van der Waals surface area contributed by atoms with Gasteiger partial charge in [0.15, 0.2) is 0 Å². The smallest absolute Gasteiger partial charge is 0.341 e. The summed E-state index contributed by atoms with van der Waals surface area (Å²) in [4.78, 5) is 27.0. The monoisotopic (exact) mass is 399 g/mol. The van der Waals surface area contributed by atoms with Crippen LogP contribution >= 0.6 is 0 Å². The molecule has 2 heterocycles.